The van der Waals surface area contributed by atoms with Gasteiger partial charge in [-0.1, -0.05) is 34.8 Å². The molecule has 0 bridgehead atoms. The lowest BCUT2D eigenvalue weighted by Gasteiger charge is -2.13. The molecule has 0 aromatic heterocycles. The van der Waals surface area contributed by atoms with Crippen LogP contribution in [0.1, 0.15) is 51.0 Å². The summed E-state index contributed by atoms with van der Waals surface area (Å²) in [6, 6.07) is 5.53. The van der Waals surface area contributed by atoms with Gasteiger partial charge in [0.05, 0.1) is 20.1 Å². The van der Waals surface area contributed by atoms with E-state index in [1.807, 2.05) is 18.2 Å². The zero-order chi connectivity index (χ0) is 20.5. The summed E-state index contributed by atoms with van der Waals surface area (Å²) in [7, 11) is 1.57. The summed E-state index contributed by atoms with van der Waals surface area (Å²) in [4.78, 5) is 37.4. The number of hydrogen-bond acceptors (Lipinski definition) is 5. The maximum atomic E-state index is 12.6. The van der Waals surface area contributed by atoms with E-state index in [4.69, 9.17) is 9.47 Å². The van der Waals surface area contributed by atoms with Gasteiger partial charge in [-0.15, -0.1) is 0 Å². The predicted octanol–water partition coefficient (Wildman–Crippen LogP) is 4.11. The number of unbranched alkanes of at least 4 members (excludes halogenated alkanes) is 3. The molecular weight excluding hydrogens is 426 g/mol. The summed E-state index contributed by atoms with van der Waals surface area (Å²) < 4.78 is 11.1. The standard InChI is InChI=1S/C21H26BrNO5/c1-3-28-20(25)8-6-4-5-7-11-23-19(24)13-16(21(23)26)12-15-9-10-17(22)14-18(15)27-2/h9-10,12,14H,3-8,11,13H2,1-2H3/b16-12+. The van der Waals surface area contributed by atoms with E-state index >= 15 is 0 Å². The van der Waals surface area contributed by atoms with Crippen LogP contribution in [0.5, 0.6) is 5.75 Å². The Labute approximate surface area is 174 Å². The van der Waals surface area contributed by atoms with E-state index in [2.05, 4.69) is 15.9 Å². The number of nitrogens with zero attached hydrogens (tertiary/aromatic N) is 1. The summed E-state index contributed by atoms with van der Waals surface area (Å²) in [5.74, 6) is 0.0630. The molecule has 6 nitrogen and oxygen atoms in total. The maximum absolute atomic E-state index is 12.6. The van der Waals surface area contributed by atoms with Crippen molar-refractivity contribution in [1.82, 2.24) is 4.90 Å². The molecule has 0 radical (unpaired) electrons. The van der Waals surface area contributed by atoms with Crippen molar-refractivity contribution in [3.8, 4) is 5.75 Å². The summed E-state index contributed by atoms with van der Waals surface area (Å²) in [6.45, 7) is 2.60. The van der Waals surface area contributed by atoms with E-state index in [9.17, 15) is 14.4 Å². The Morgan fingerprint density at radius 2 is 1.96 bits per heavy atom. The average Bonchev–Trinajstić information content (AvgIpc) is 2.93. The van der Waals surface area contributed by atoms with Crippen LogP contribution in [-0.2, 0) is 19.1 Å². The molecule has 1 fully saturated rings. The lowest BCUT2D eigenvalue weighted by atomic mass is 10.1. The summed E-state index contributed by atoms with van der Waals surface area (Å²) in [5, 5.41) is 0. The Morgan fingerprint density at radius 3 is 2.68 bits per heavy atom. The molecule has 0 saturated carbocycles. The molecule has 2 rings (SSSR count). The second-order valence-electron chi connectivity index (χ2n) is 6.55. The Morgan fingerprint density at radius 1 is 1.21 bits per heavy atom. The number of rotatable bonds is 10. The molecule has 0 spiro atoms. The fourth-order valence-electron chi connectivity index (χ4n) is 3.08. The molecule has 7 heteroatoms. The smallest absolute Gasteiger partial charge is 0.305 e. The van der Waals surface area contributed by atoms with Crippen LogP contribution < -0.4 is 4.74 Å². The molecule has 0 atom stereocenters. The Hall–Kier alpha value is -2.15. The minimum absolute atomic E-state index is 0.112. The first kappa shape index (κ1) is 22.1. The van der Waals surface area contributed by atoms with Gasteiger partial charge in [-0.2, -0.15) is 0 Å². The number of benzene rings is 1. The fourth-order valence-corrected chi connectivity index (χ4v) is 3.42. The van der Waals surface area contributed by atoms with Crippen LogP contribution >= 0.6 is 15.9 Å². The van der Waals surface area contributed by atoms with Gasteiger partial charge in [-0.05, 0) is 38.0 Å². The van der Waals surface area contributed by atoms with Gasteiger partial charge in [0.25, 0.3) is 5.91 Å². The first-order valence-corrected chi connectivity index (χ1v) is 10.3. The quantitative estimate of drug-likeness (QED) is 0.231. The minimum Gasteiger partial charge on any atom is -0.496 e. The van der Waals surface area contributed by atoms with E-state index in [1.165, 1.54) is 4.90 Å². The van der Waals surface area contributed by atoms with E-state index in [0.717, 1.165) is 35.7 Å². The van der Waals surface area contributed by atoms with E-state index in [-0.39, 0.29) is 24.2 Å². The largest absolute Gasteiger partial charge is 0.496 e. The first-order chi connectivity index (χ1) is 13.5. The second-order valence-corrected chi connectivity index (χ2v) is 7.47. The number of hydrogen-bond donors (Lipinski definition) is 0. The van der Waals surface area contributed by atoms with Crippen molar-refractivity contribution >= 4 is 39.8 Å². The highest BCUT2D eigenvalue weighted by molar-refractivity contribution is 9.10. The number of halogens is 1. The van der Waals surface area contributed by atoms with Gasteiger partial charge in [0.15, 0.2) is 0 Å². The molecule has 1 heterocycles. The van der Waals surface area contributed by atoms with Crippen LogP contribution in [0.15, 0.2) is 28.2 Å². The molecule has 28 heavy (non-hydrogen) atoms. The van der Waals surface area contributed by atoms with Crippen molar-refractivity contribution in [3.05, 3.63) is 33.8 Å². The van der Waals surface area contributed by atoms with Crippen molar-refractivity contribution in [3.63, 3.8) is 0 Å². The molecule has 0 N–H and O–H groups in total. The van der Waals surface area contributed by atoms with E-state index < -0.39 is 0 Å². The van der Waals surface area contributed by atoms with Crippen LogP contribution in [-0.4, -0.2) is 42.9 Å². The number of carbonyl (C=O) groups excluding carboxylic acids is 3. The van der Waals surface area contributed by atoms with Crippen molar-refractivity contribution in [1.29, 1.82) is 0 Å². The highest BCUT2D eigenvalue weighted by Crippen LogP contribution is 2.28. The Kier molecular flexibility index (Phi) is 8.70. The highest BCUT2D eigenvalue weighted by Gasteiger charge is 2.33. The van der Waals surface area contributed by atoms with Crippen LogP contribution in [0.4, 0.5) is 0 Å². The minimum atomic E-state index is -0.235. The summed E-state index contributed by atoms with van der Waals surface area (Å²) in [6.07, 6.45) is 5.47. The molecule has 0 aliphatic carbocycles. The number of methoxy groups -OCH3 is 1. The highest BCUT2D eigenvalue weighted by atomic mass is 79.9. The third-order valence-corrected chi connectivity index (χ3v) is 5.00. The third kappa shape index (κ3) is 6.19. The molecule has 0 unspecified atom stereocenters. The van der Waals surface area contributed by atoms with Gasteiger partial charge >= 0.3 is 5.97 Å². The number of amides is 2. The number of likely N-dealkylation sites (tertiary alicyclic amines) is 1. The van der Waals surface area contributed by atoms with E-state index in [1.54, 1.807) is 20.1 Å². The first-order valence-electron chi connectivity index (χ1n) is 9.50. The third-order valence-electron chi connectivity index (χ3n) is 4.51. The number of carbonyl (C=O) groups is 3. The topological polar surface area (TPSA) is 72.9 Å². The maximum Gasteiger partial charge on any atom is 0.305 e. The predicted molar refractivity (Wildman–Crippen MR) is 110 cm³/mol. The Bertz CT molecular complexity index is 759. The van der Waals surface area contributed by atoms with Gasteiger partial charge in [-0.3, -0.25) is 19.3 Å². The zero-order valence-corrected chi connectivity index (χ0v) is 17.9. The van der Waals surface area contributed by atoms with Crippen LogP contribution in [0.2, 0.25) is 0 Å². The van der Waals surface area contributed by atoms with Crippen LogP contribution in [0.3, 0.4) is 0 Å². The van der Waals surface area contributed by atoms with Gasteiger partial charge in [0, 0.05) is 28.6 Å². The number of imide groups is 1. The number of ether oxygens (including phenoxy) is 2. The van der Waals surface area contributed by atoms with Gasteiger partial charge < -0.3 is 9.47 Å². The monoisotopic (exact) mass is 451 g/mol. The van der Waals surface area contributed by atoms with E-state index in [0.29, 0.717) is 30.9 Å². The van der Waals surface area contributed by atoms with Crippen molar-refractivity contribution in [2.24, 2.45) is 0 Å². The molecule has 1 aliphatic rings. The van der Waals surface area contributed by atoms with Crippen molar-refractivity contribution in [2.45, 2.75) is 45.4 Å². The molecular formula is C21H26BrNO5. The average molecular weight is 452 g/mol. The van der Waals surface area contributed by atoms with Crippen LogP contribution in [0.25, 0.3) is 6.08 Å². The molecule has 1 aromatic carbocycles. The molecule has 1 saturated heterocycles. The fraction of sp³-hybridized carbons (Fsp3) is 0.476. The lowest BCUT2D eigenvalue weighted by molar-refractivity contribution is -0.143. The second kappa shape index (κ2) is 11.0. The number of esters is 1. The van der Waals surface area contributed by atoms with Crippen molar-refractivity contribution in [2.75, 3.05) is 20.3 Å². The molecule has 1 aromatic rings. The molecule has 152 valence electrons. The zero-order valence-electron chi connectivity index (χ0n) is 16.3. The summed E-state index contributed by atoms with van der Waals surface area (Å²) in [5.41, 5.74) is 1.25. The molecule has 1 aliphatic heterocycles. The lowest BCUT2D eigenvalue weighted by Crippen LogP contribution is -2.30. The summed E-state index contributed by atoms with van der Waals surface area (Å²) >= 11 is 3.39. The normalized spacial score (nSPS) is 15.4. The molecule has 2 amide bonds. The SMILES string of the molecule is CCOC(=O)CCCCCCN1C(=O)C/C(=C\c2ccc(Br)cc2OC)C1=O. The van der Waals surface area contributed by atoms with Gasteiger partial charge in [0.1, 0.15) is 5.75 Å². The van der Waals surface area contributed by atoms with Gasteiger partial charge in [-0.25, -0.2) is 0 Å². The van der Waals surface area contributed by atoms with Gasteiger partial charge in [0.2, 0.25) is 5.91 Å². The van der Waals surface area contributed by atoms with Crippen molar-refractivity contribution < 1.29 is 23.9 Å². The Balaban J connectivity index is 1.86. The van der Waals surface area contributed by atoms with Crippen LogP contribution in [0, 0.1) is 0 Å².